The van der Waals surface area contributed by atoms with Crippen molar-refractivity contribution in [3.63, 3.8) is 0 Å². The fourth-order valence-electron chi connectivity index (χ4n) is 2.89. The van der Waals surface area contributed by atoms with Crippen molar-refractivity contribution in [3.05, 3.63) is 60.2 Å². The Balaban J connectivity index is 1.57. The quantitative estimate of drug-likeness (QED) is 0.894. The van der Waals surface area contributed by atoms with Gasteiger partial charge in [-0.1, -0.05) is 18.2 Å². The minimum absolute atomic E-state index is 0.0135. The Morgan fingerprint density at radius 2 is 1.44 bits per heavy atom. The van der Waals surface area contributed by atoms with Crippen LogP contribution in [0.3, 0.4) is 0 Å². The van der Waals surface area contributed by atoms with Gasteiger partial charge in [0.1, 0.15) is 0 Å². The minimum Gasteiger partial charge on any atom is -0.368 e. The Bertz CT molecular complexity index is 799. The van der Waals surface area contributed by atoms with Crippen molar-refractivity contribution >= 4 is 23.2 Å². The van der Waals surface area contributed by atoms with Crippen molar-refractivity contribution < 1.29 is 22.8 Å². The highest BCUT2D eigenvalue weighted by Crippen LogP contribution is 2.22. The van der Waals surface area contributed by atoms with E-state index in [0.717, 1.165) is 5.69 Å². The predicted octanol–water partition coefficient (Wildman–Crippen LogP) is 3.15. The van der Waals surface area contributed by atoms with E-state index < -0.39 is 12.1 Å². The average molecular weight is 377 g/mol. The van der Waals surface area contributed by atoms with Gasteiger partial charge in [-0.15, -0.1) is 0 Å². The molecular weight excluding hydrogens is 359 g/mol. The van der Waals surface area contributed by atoms with Crippen LogP contribution in [0.4, 0.5) is 24.5 Å². The largest absolute Gasteiger partial charge is 0.471 e. The first-order valence-electron chi connectivity index (χ1n) is 8.42. The van der Waals surface area contributed by atoms with E-state index in [1.807, 2.05) is 28.4 Å². The number of halogens is 3. The van der Waals surface area contributed by atoms with Crippen LogP contribution in [0, 0.1) is 0 Å². The zero-order chi connectivity index (χ0) is 19.4. The molecule has 1 N–H and O–H groups in total. The summed E-state index contributed by atoms with van der Waals surface area (Å²) in [7, 11) is 0. The SMILES string of the molecule is O=C(c1ccccc1)N1CCN(c2ccc(NC(=O)C(F)(F)F)cc2)CC1. The molecule has 1 aliphatic heterocycles. The molecule has 1 aliphatic rings. The molecule has 3 rings (SSSR count). The summed E-state index contributed by atoms with van der Waals surface area (Å²) in [5, 5.41) is 1.82. The number of nitrogens with one attached hydrogen (secondary N) is 1. The number of rotatable bonds is 3. The lowest BCUT2D eigenvalue weighted by molar-refractivity contribution is -0.167. The van der Waals surface area contributed by atoms with Gasteiger partial charge in [0, 0.05) is 43.1 Å². The summed E-state index contributed by atoms with van der Waals surface area (Å²) in [6.45, 7) is 2.35. The standard InChI is InChI=1S/C19H18F3N3O2/c20-19(21,22)18(27)23-15-6-8-16(9-7-15)24-10-12-25(13-11-24)17(26)14-4-2-1-3-5-14/h1-9H,10-13H2,(H,23,27). The van der Waals surface area contributed by atoms with Gasteiger partial charge in [-0.3, -0.25) is 9.59 Å². The first-order valence-corrected chi connectivity index (χ1v) is 8.42. The first kappa shape index (κ1) is 18.8. The lowest BCUT2D eigenvalue weighted by atomic mass is 10.1. The molecule has 1 heterocycles. The van der Waals surface area contributed by atoms with Crippen LogP contribution in [0.2, 0.25) is 0 Å². The summed E-state index contributed by atoms with van der Waals surface area (Å²) in [5.74, 6) is -2.01. The second kappa shape index (κ2) is 7.69. The number of hydrogen-bond acceptors (Lipinski definition) is 3. The van der Waals surface area contributed by atoms with Gasteiger partial charge in [-0.2, -0.15) is 13.2 Å². The van der Waals surface area contributed by atoms with E-state index in [4.69, 9.17) is 0 Å². The molecule has 1 saturated heterocycles. The number of hydrogen-bond donors (Lipinski definition) is 1. The molecular formula is C19H18F3N3O2. The van der Waals surface area contributed by atoms with Crippen molar-refractivity contribution in [1.29, 1.82) is 0 Å². The number of alkyl halides is 3. The highest BCUT2D eigenvalue weighted by Gasteiger charge is 2.38. The van der Waals surface area contributed by atoms with Gasteiger partial charge in [0.15, 0.2) is 0 Å². The zero-order valence-corrected chi connectivity index (χ0v) is 14.4. The van der Waals surface area contributed by atoms with Gasteiger partial charge >= 0.3 is 12.1 Å². The molecule has 0 atom stereocenters. The maximum Gasteiger partial charge on any atom is 0.471 e. The van der Waals surface area contributed by atoms with Crippen LogP contribution in [-0.4, -0.2) is 49.1 Å². The topological polar surface area (TPSA) is 52.7 Å². The molecule has 0 aliphatic carbocycles. The Kier molecular flexibility index (Phi) is 5.34. The van der Waals surface area contributed by atoms with Crippen LogP contribution in [0.25, 0.3) is 0 Å². The van der Waals surface area contributed by atoms with E-state index in [0.29, 0.717) is 31.7 Å². The lowest BCUT2D eigenvalue weighted by Gasteiger charge is -2.36. The Hall–Kier alpha value is -3.03. The van der Waals surface area contributed by atoms with Crippen LogP contribution in [0.15, 0.2) is 54.6 Å². The maximum atomic E-state index is 12.4. The third-order valence-corrected chi connectivity index (χ3v) is 4.34. The predicted molar refractivity (Wildman–Crippen MR) is 95.7 cm³/mol. The summed E-state index contributed by atoms with van der Waals surface area (Å²) in [6, 6.07) is 15.2. The molecule has 2 aromatic carbocycles. The van der Waals surface area contributed by atoms with Gasteiger partial charge in [0.25, 0.3) is 5.91 Å². The molecule has 0 saturated carbocycles. The molecule has 0 bridgehead atoms. The van der Waals surface area contributed by atoms with E-state index in [1.54, 1.807) is 29.2 Å². The van der Waals surface area contributed by atoms with Crippen molar-refractivity contribution in [1.82, 2.24) is 4.90 Å². The highest BCUT2D eigenvalue weighted by molar-refractivity contribution is 5.95. The van der Waals surface area contributed by atoms with E-state index in [-0.39, 0.29) is 11.6 Å². The Morgan fingerprint density at radius 3 is 2.00 bits per heavy atom. The molecule has 0 radical (unpaired) electrons. The van der Waals surface area contributed by atoms with Gasteiger partial charge in [-0.05, 0) is 36.4 Å². The molecule has 0 unspecified atom stereocenters. The molecule has 2 amide bonds. The fraction of sp³-hybridized carbons (Fsp3) is 0.263. The van der Waals surface area contributed by atoms with E-state index >= 15 is 0 Å². The number of anilines is 2. The fourth-order valence-corrected chi connectivity index (χ4v) is 2.89. The van der Waals surface area contributed by atoms with E-state index in [9.17, 15) is 22.8 Å². The van der Waals surface area contributed by atoms with Crippen molar-refractivity contribution in [2.45, 2.75) is 6.18 Å². The first-order chi connectivity index (χ1) is 12.8. The molecule has 5 nitrogen and oxygen atoms in total. The minimum atomic E-state index is -4.92. The molecule has 2 aromatic rings. The Labute approximate surface area is 154 Å². The normalized spacial score (nSPS) is 14.8. The van der Waals surface area contributed by atoms with Gasteiger partial charge in [0.05, 0.1) is 0 Å². The Morgan fingerprint density at radius 1 is 0.852 bits per heavy atom. The highest BCUT2D eigenvalue weighted by atomic mass is 19.4. The second-order valence-corrected chi connectivity index (χ2v) is 6.14. The average Bonchev–Trinajstić information content (AvgIpc) is 2.68. The summed E-state index contributed by atoms with van der Waals surface area (Å²) < 4.78 is 36.8. The van der Waals surface area contributed by atoms with Crippen molar-refractivity contribution in [2.75, 3.05) is 36.4 Å². The van der Waals surface area contributed by atoms with Crippen LogP contribution in [-0.2, 0) is 4.79 Å². The monoisotopic (exact) mass is 377 g/mol. The van der Waals surface area contributed by atoms with Gasteiger partial charge in [0.2, 0.25) is 0 Å². The molecule has 0 spiro atoms. The van der Waals surface area contributed by atoms with Gasteiger partial charge < -0.3 is 15.1 Å². The lowest BCUT2D eigenvalue weighted by Crippen LogP contribution is -2.48. The zero-order valence-electron chi connectivity index (χ0n) is 14.4. The third kappa shape index (κ3) is 4.58. The number of amides is 2. The number of carbonyl (C=O) groups is 2. The summed E-state index contributed by atoms with van der Waals surface area (Å²) in [6.07, 6.45) is -4.92. The number of nitrogens with zero attached hydrogens (tertiary/aromatic N) is 2. The third-order valence-electron chi connectivity index (χ3n) is 4.34. The summed E-state index contributed by atoms with van der Waals surface area (Å²) >= 11 is 0. The number of carbonyl (C=O) groups excluding carboxylic acids is 2. The summed E-state index contributed by atoms with van der Waals surface area (Å²) in [4.78, 5) is 27.2. The smallest absolute Gasteiger partial charge is 0.368 e. The molecule has 0 aromatic heterocycles. The van der Waals surface area contributed by atoms with Crippen LogP contribution >= 0.6 is 0 Å². The van der Waals surface area contributed by atoms with Crippen LogP contribution < -0.4 is 10.2 Å². The molecule has 8 heteroatoms. The van der Waals surface area contributed by atoms with E-state index in [1.165, 1.54) is 12.1 Å². The van der Waals surface area contributed by atoms with Crippen molar-refractivity contribution in [2.24, 2.45) is 0 Å². The number of piperazine rings is 1. The molecule has 27 heavy (non-hydrogen) atoms. The van der Waals surface area contributed by atoms with Crippen LogP contribution in [0.1, 0.15) is 10.4 Å². The van der Waals surface area contributed by atoms with Crippen LogP contribution in [0.5, 0.6) is 0 Å². The summed E-state index contributed by atoms with van der Waals surface area (Å²) in [5.41, 5.74) is 1.56. The maximum absolute atomic E-state index is 12.4. The van der Waals surface area contributed by atoms with E-state index in [2.05, 4.69) is 0 Å². The number of benzene rings is 2. The van der Waals surface area contributed by atoms with Gasteiger partial charge in [-0.25, -0.2) is 0 Å². The second-order valence-electron chi connectivity index (χ2n) is 6.14. The molecule has 142 valence electrons. The van der Waals surface area contributed by atoms with Crippen molar-refractivity contribution in [3.8, 4) is 0 Å². The molecule has 1 fully saturated rings.